The van der Waals surface area contributed by atoms with Crippen LogP contribution in [0.15, 0.2) is 18.2 Å². The summed E-state index contributed by atoms with van der Waals surface area (Å²) in [5.74, 6) is 0.788. The molecule has 1 fully saturated rings. The van der Waals surface area contributed by atoms with Crippen LogP contribution < -0.4 is 5.73 Å². The summed E-state index contributed by atoms with van der Waals surface area (Å²) < 4.78 is 0. The number of hydrogen-bond acceptors (Lipinski definition) is 2. The Morgan fingerprint density at radius 1 is 1.44 bits per heavy atom. The monoisotopic (exact) mass is 266 g/mol. The van der Waals surface area contributed by atoms with Crippen molar-refractivity contribution < 1.29 is 0 Å². The normalized spacial score (nSPS) is 21.2. The Balaban J connectivity index is 1.96. The highest BCUT2D eigenvalue weighted by Crippen LogP contribution is 2.22. The minimum Gasteiger partial charge on any atom is -0.330 e. The number of aryl methyl sites for hydroxylation is 1. The Morgan fingerprint density at radius 2 is 2.28 bits per heavy atom. The smallest absolute Gasteiger partial charge is 0.0408 e. The Hall–Kier alpha value is -0.570. The van der Waals surface area contributed by atoms with E-state index in [1.165, 1.54) is 37.1 Å². The molecule has 3 heteroatoms. The van der Waals surface area contributed by atoms with Crippen molar-refractivity contribution in [3.05, 3.63) is 34.3 Å². The standard InChI is InChI=1S/C15H23ClN2/c1-12-9-15(16)5-4-14(12)11-18-8-2-3-13(10-18)6-7-17/h4-5,9,13H,2-3,6-8,10-11,17H2,1H3. The zero-order valence-electron chi connectivity index (χ0n) is 11.2. The number of benzene rings is 1. The first-order chi connectivity index (χ1) is 8.69. The van der Waals surface area contributed by atoms with Crippen LogP contribution in [0.25, 0.3) is 0 Å². The van der Waals surface area contributed by atoms with Crippen molar-refractivity contribution in [1.82, 2.24) is 4.90 Å². The summed E-state index contributed by atoms with van der Waals surface area (Å²) >= 11 is 6.00. The molecule has 2 nitrogen and oxygen atoms in total. The summed E-state index contributed by atoms with van der Waals surface area (Å²) in [6, 6.07) is 6.20. The molecule has 18 heavy (non-hydrogen) atoms. The lowest BCUT2D eigenvalue weighted by Gasteiger charge is -2.33. The van der Waals surface area contributed by atoms with Crippen LogP contribution >= 0.6 is 11.6 Å². The lowest BCUT2D eigenvalue weighted by Crippen LogP contribution is -2.35. The summed E-state index contributed by atoms with van der Waals surface area (Å²) in [5.41, 5.74) is 8.36. The predicted octanol–water partition coefficient (Wildman–Crippen LogP) is 3.21. The van der Waals surface area contributed by atoms with Crippen LogP contribution in [0, 0.1) is 12.8 Å². The molecule has 1 unspecified atom stereocenters. The van der Waals surface area contributed by atoms with Crippen molar-refractivity contribution in [1.29, 1.82) is 0 Å². The van der Waals surface area contributed by atoms with Crippen LogP contribution in [-0.4, -0.2) is 24.5 Å². The molecule has 0 saturated carbocycles. The topological polar surface area (TPSA) is 29.3 Å². The summed E-state index contributed by atoms with van der Waals surface area (Å²) in [7, 11) is 0. The molecule has 100 valence electrons. The molecule has 1 aromatic carbocycles. The molecule has 0 aliphatic carbocycles. The molecular weight excluding hydrogens is 244 g/mol. The van der Waals surface area contributed by atoms with Crippen LogP contribution in [0.4, 0.5) is 0 Å². The van der Waals surface area contributed by atoms with Crippen LogP contribution in [0.1, 0.15) is 30.4 Å². The summed E-state index contributed by atoms with van der Waals surface area (Å²) in [5, 5.41) is 0.830. The quantitative estimate of drug-likeness (QED) is 0.907. The van der Waals surface area contributed by atoms with E-state index in [0.29, 0.717) is 0 Å². The first-order valence-corrected chi connectivity index (χ1v) is 7.24. The maximum Gasteiger partial charge on any atom is 0.0408 e. The molecule has 0 bridgehead atoms. The molecule has 2 rings (SSSR count). The van der Waals surface area contributed by atoms with Gasteiger partial charge in [-0.25, -0.2) is 0 Å². The highest BCUT2D eigenvalue weighted by atomic mass is 35.5. The molecule has 0 radical (unpaired) electrons. The molecule has 0 aromatic heterocycles. The van der Waals surface area contributed by atoms with E-state index in [-0.39, 0.29) is 0 Å². The SMILES string of the molecule is Cc1cc(Cl)ccc1CN1CCCC(CCN)C1. The van der Waals surface area contributed by atoms with E-state index >= 15 is 0 Å². The first-order valence-electron chi connectivity index (χ1n) is 6.86. The Bertz CT molecular complexity index is 390. The maximum atomic E-state index is 6.00. The van der Waals surface area contributed by atoms with Crippen LogP contribution in [0.5, 0.6) is 0 Å². The van der Waals surface area contributed by atoms with Gasteiger partial charge in [-0.1, -0.05) is 17.7 Å². The van der Waals surface area contributed by atoms with Crippen molar-refractivity contribution in [2.75, 3.05) is 19.6 Å². The summed E-state index contributed by atoms with van der Waals surface area (Å²) in [6.07, 6.45) is 3.81. The van der Waals surface area contributed by atoms with Gasteiger partial charge in [-0.15, -0.1) is 0 Å². The van der Waals surface area contributed by atoms with Gasteiger partial charge in [0.05, 0.1) is 0 Å². The fraction of sp³-hybridized carbons (Fsp3) is 0.600. The molecule has 2 N–H and O–H groups in total. The Labute approximate surface area is 115 Å². The van der Waals surface area contributed by atoms with Gasteiger partial charge in [0.15, 0.2) is 0 Å². The van der Waals surface area contributed by atoms with E-state index in [0.717, 1.165) is 30.5 Å². The van der Waals surface area contributed by atoms with Crippen LogP contribution in [0.3, 0.4) is 0 Å². The van der Waals surface area contributed by atoms with E-state index in [1.54, 1.807) is 0 Å². The molecule has 1 aliphatic rings. The van der Waals surface area contributed by atoms with Crippen molar-refractivity contribution >= 4 is 11.6 Å². The van der Waals surface area contributed by atoms with Gasteiger partial charge in [0.2, 0.25) is 0 Å². The Kier molecular flexibility index (Phi) is 5.04. The Morgan fingerprint density at radius 3 is 3.00 bits per heavy atom. The highest BCUT2D eigenvalue weighted by molar-refractivity contribution is 6.30. The number of hydrogen-bond donors (Lipinski definition) is 1. The van der Waals surface area contributed by atoms with Gasteiger partial charge in [0, 0.05) is 18.1 Å². The molecule has 1 aliphatic heterocycles. The van der Waals surface area contributed by atoms with Gasteiger partial charge < -0.3 is 5.73 Å². The van der Waals surface area contributed by atoms with E-state index in [9.17, 15) is 0 Å². The minimum absolute atomic E-state index is 0.788. The van der Waals surface area contributed by atoms with Crippen LogP contribution in [0.2, 0.25) is 5.02 Å². The van der Waals surface area contributed by atoms with E-state index in [1.807, 2.05) is 6.07 Å². The molecule has 1 atom stereocenters. The van der Waals surface area contributed by atoms with Gasteiger partial charge in [0.1, 0.15) is 0 Å². The average Bonchev–Trinajstić information content (AvgIpc) is 2.34. The number of rotatable bonds is 4. The van der Waals surface area contributed by atoms with E-state index in [2.05, 4.69) is 24.0 Å². The minimum atomic E-state index is 0.788. The lowest BCUT2D eigenvalue weighted by molar-refractivity contribution is 0.163. The molecular formula is C15H23ClN2. The molecule has 1 heterocycles. The molecule has 0 amide bonds. The van der Waals surface area contributed by atoms with E-state index < -0.39 is 0 Å². The predicted molar refractivity (Wildman–Crippen MR) is 77.9 cm³/mol. The number of halogens is 1. The summed E-state index contributed by atoms with van der Waals surface area (Å²) in [4.78, 5) is 2.56. The van der Waals surface area contributed by atoms with E-state index in [4.69, 9.17) is 17.3 Å². The summed E-state index contributed by atoms with van der Waals surface area (Å²) in [6.45, 7) is 6.41. The average molecular weight is 267 g/mol. The second kappa shape index (κ2) is 6.55. The third-order valence-electron chi connectivity index (χ3n) is 3.88. The fourth-order valence-electron chi connectivity index (χ4n) is 2.84. The third kappa shape index (κ3) is 3.71. The zero-order chi connectivity index (χ0) is 13.0. The van der Waals surface area contributed by atoms with Crippen molar-refractivity contribution in [2.45, 2.75) is 32.7 Å². The highest BCUT2D eigenvalue weighted by Gasteiger charge is 2.19. The zero-order valence-corrected chi connectivity index (χ0v) is 11.9. The second-order valence-corrected chi connectivity index (χ2v) is 5.83. The second-order valence-electron chi connectivity index (χ2n) is 5.39. The maximum absolute atomic E-state index is 6.00. The molecule has 1 saturated heterocycles. The largest absolute Gasteiger partial charge is 0.330 e. The van der Waals surface area contributed by atoms with Crippen LogP contribution in [-0.2, 0) is 6.54 Å². The van der Waals surface area contributed by atoms with Gasteiger partial charge in [-0.2, -0.15) is 0 Å². The van der Waals surface area contributed by atoms with Crippen molar-refractivity contribution in [3.63, 3.8) is 0 Å². The number of piperidine rings is 1. The fourth-order valence-corrected chi connectivity index (χ4v) is 3.07. The third-order valence-corrected chi connectivity index (χ3v) is 4.11. The van der Waals surface area contributed by atoms with Crippen molar-refractivity contribution in [2.24, 2.45) is 11.7 Å². The van der Waals surface area contributed by atoms with Gasteiger partial charge in [-0.05, 0) is 68.5 Å². The molecule has 0 spiro atoms. The first kappa shape index (κ1) is 13.9. The number of nitrogens with zero attached hydrogens (tertiary/aromatic N) is 1. The van der Waals surface area contributed by atoms with Gasteiger partial charge in [-0.3, -0.25) is 4.90 Å². The lowest BCUT2D eigenvalue weighted by atomic mass is 9.94. The van der Waals surface area contributed by atoms with Crippen molar-refractivity contribution in [3.8, 4) is 0 Å². The number of nitrogens with two attached hydrogens (primary N) is 1. The van der Waals surface area contributed by atoms with Gasteiger partial charge in [0.25, 0.3) is 0 Å². The molecule has 1 aromatic rings. The number of likely N-dealkylation sites (tertiary alicyclic amines) is 1. The van der Waals surface area contributed by atoms with Gasteiger partial charge >= 0.3 is 0 Å².